The Labute approximate surface area is 124 Å². The van der Waals surface area contributed by atoms with Crippen LogP contribution in [-0.4, -0.2) is 14.6 Å². The van der Waals surface area contributed by atoms with Crippen LogP contribution in [0.5, 0.6) is 0 Å². The molecule has 0 saturated heterocycles. The van der Waals surface area contributed by atoms with Crippen molar-refractivity contribution in [1.29, 1.82) is 0 Å². The smallest absolute Gasteiger partial charge is 0.340 e. The van der Waals surface area contributed by atoms with Gasteiger partial charge in [0.25, 0.3) is 0 Å². The minimum Gasteiger partial charge on any atom is -0.340 e. The van der Waals surface area contributed by atoms with E-state index in [1.807, 2.05) is 19.9 Å². The van der Waals surface area contributed by atoms with Crippen molar-refractivity contribution >= 4 is 17.2 Å². The molecule has 0 bridgehead atoms. The maximum atomic E-state index is 12.6. The molecule has 0 aliphatic rings. The van der Waals surface area contributed by atoms with Crippen LogP contribution in [0.15, 0.2) is 36.4 Å². The van der Waals surface area contributed by atoms with Gasteiger partial charge < -0.3 is 5.32 Å². The van der Waals surface area contributed by atoms with E-state index in [9.17, 15) is 13.2 Å². The highest BCUT2D eigenvalue weighted by Gasteiger charge is 2.29. The zero-order valence-corrected chi connectivity index (χ0v) is 11.9. The van der Waals surface area contributed by atoms with Crippen molar-refractivity contribution in [2.75, 3.05) is 5.32 Å². The van der Waals surface area contributed by atoms with Crippen LogP contribution in [-0.2, 0) is 6.18 Å². The van der Waals surface area contributed by atoms with Crippen LogP contribution >= 0.6 is 0 Å². The number of fused-ring (bicyclic) bond motifs is 1. The van der Waals surface area contributed by atoms with Gasteiger partial charge in [-0.05, 0) is 38.1 Å². The molecule has 0 radical (unpaired) electrons. The lowest BCUT2D eigenvalue weighted by Crippen LogP contribution is -2.05. The second-order valence-electron chi connectivity index (χ2n) is 5.04. The number of halogens is 3. The van der Waals surface area contributed by atoms with Gasteiger partial charge in [-0.25, -0.2) is 4.98 Å². The maximum Gasteiger partial charge on any atom is 0.416 e. The van der Waals surface area contributed by atoms with Crippen LogP contribution < -0.4 is 5.32 Å². The van der Waals surface area contributed by atoms with Gasteiger partial charge in [-0.3, -0.25) is 0 Å². The van der Waals surface area contributed by atoms with Crippen molar-refractivity contribution in [3.05, 3.63) is 53.3 Å². The monoisotopic (exact) mass is 306 g/mol. The van der Waals surface area contributed by atoms with E-state index >= 15 is 0 Å². The molecule has 0 aliphatic carbocycles. The molecular weight excluding hydrogens is 293 g/mol. The van der Waals surface area contributed by atoms with Crippen LogP contribution in [0.3, 0.4) is 0 Å². The number of aromatic nitrogens is 3. The van der Waals surface area contributed by atoms with Crippen molar-refractivity contribution in [3.63, 3.8) is 0 Å². The molecule has 3 aromatic rings. The third kappa shape index (κ3) is 2.74. The lowest BCUT2D eigenvalue weighted by Gasteiger charge is -2.11. The molecule has 2 aromatic heterocycles. The second kappa shape index (κ2) is 5.01. The standard InChI is InChI=1S/C15H13F3N4/c1-9-7-14(22-13(19-9)8-10(2)21-22)20-12-5-3-11(4-6-12)15(16,17)18/h3-8,20H,1-2H3. The van der Waals surface area contributed by atoms with Crippen LogP contribution in [0.4, 0.5) is 24.7 Å². The zero-order valence-electron chi connectivity index (χ0n) is 11.9. The number of nitrogens with zero attached hydrogens (tertiary/aromatic N) is 3. The molecule has 1 N–H and O–H groups in total. The molecule has 0 fully saturated rings. The third-order valence-electron chi connectivity index (χ3n) is 3.16. The van der Waals surface area contributed by atoms with Crippen molar-refractivity contribution in [2.45, 2.75) is 20.0 Å². The van der Waals surface area contributed by atoms with Crippen molar-refractivity contribution in [2.24, 2.45) is 0 Å². The first-order chi connectivity index (χ1) is 10.3. The molecule has 0 atom stereocenters. The van der Waals surface area contributed by atoms with E-state index in [0.29, 0.717) is 17.2 Å². The van der Waals surface area contributed by atoms with Crippen molar-refractivity contribution in [3.8, 4) is 0 Å². The van der Waals surface area contributed by atoms with E-state index in [0.717, 1.165) is 23.5 Å². The first-order valence-electron chi connectivity index (χ1n) is 6.61. The largest absolute Gasteiger partial charge is 0.416 e. The number of hydrogen-bond acceptors (Lipinski definition) is 3. The molecule has 0 saturated carbocycles. The van der Waals surface area contributed by atoms with E-state index < -0.39 is 11.7 Å². The molecule has 2 heterocycles. The van der Waals surface area contributed by atoms with E-state index in [2.05, 4.69) is 15.4 Å². The van der Waals surface area contributed by atoms with E-state index in [1.165, 1.54) is 12.1 Å². The van der Waals surface area contributed by atoms with Crippen LogP contribution in [0.2, 0.25) is 0 Å². The number of rotatable bonds is 2. The number of alkyl halides is 3. The quantitative estimate of drug-likeness (QED) is 0.775. The summed E-state index contributed by atoms with van der Waals surface area (Å²) in [5, 5.41) is 7.39. The maximum absolute atomic E-state index is 12.6. The summed E-state index contributed by atoms with van der Waals surface area (Å²) in [6.45, 7) is 3.70. The Morgan fingerprint density at radius 3 is 2.32 bits per heavy atom. The molecule has 0 amide bonds. The molecule has 22 heavy (non-hydrogen) atoms. The summed E-state index contributed by atoms with van der Waals surface area (Å²) in [5.41, 5.74) is 2.17. The molecular formula is C15H13F3N4. The highest BCUT2D eigenvalue weighted by Crippen LogP contribution is 2.30. The lowest BCUT2D eigenvalue weighted by molar-refractivity contribution is -0.137. The first kappa shape index (κ1) is 14.4. The fraction of sp³-hybridized carbons (Fsp3) is 0.200. The Bertz CT molecular complexity index is 819. The van der Waals surface area contributed by atoms with Gasteiger partial charge in [0, 0.05) is 23.5 Å². The summed E-state index contributed by atoms with van der Waals surface area (Å²) in [6.07, 6.45) is -4.34. The third-order valence-corrected chi connectivity index (χ3v) is 3.16. The van der Waals surface area contributed by atoms with Gasteiger partial charge in [-0.1, -0.05) is 0 Å². The lowest BCUT2D eigenvalue weighted by atomic mass is 10.2. The van der Waals surface area contributed by atoms with Gasteiger partial charge in [0.15, 0.2) is 5.65 Å². The number of anilines is 2. The Kier molecular flexibility index (Phi) is 3.27. The predicted molar refractivity (Wildman–Crippen MR) is 77.2 cm³/mol. The molecule has 1 aromatic carbocycles. The summed E-state index contributed by atoms with van der Waals surface area (Å²) in [5.74, 6) is 0.648. The Morgan fingerprint density at radius 1 is 1.00 bits per heavy atom. The molecule has 3 rings (SSSR count). The highest BCUT2D eigenvalue weighted by molar-refractivity contribution is 5.60. The number of nitrogens with one attached hydrogen (secondary N) is 1. The summed E-state index contributed by atoms with van der Waals surface area (Å²) in [4.78, 5) is 4.36. The van der Waals surface area contributed by atoms with E-state index in [1.54, 1.807) is 10.6 Å². The summed E-state index contributed by atoms with van der Waals surface area (Å²) >= 11 is 0. The second-order valence-corrected chi connectivity index (χ2v) is 5.04. The number of hydrogen-bond donors (Lipinski definition) is 1. The summed E-state index contributed by atoms with van der Waals surface area (Å²) in [6, 6.07) is 8.49. The molecule has 0 aliphatic heterocycles. The SMILES string of the molecule is Cc1cc(Nc2ccc(C(F)(F)F)cc2)n2nc(C)cc2n1. The molecule has 0 spiro atoms. The zero-order chi connectivity index (χ0) is 15.9. The Hall–Kier alpha value is -2.57. The first-order valence-corrected chi connectivity index (χ1v) is 6.61. The fourth-order valence-electron chi connectivity index (χ4n) is 2.19. The van der Waals surface area contributed by atoms with E-state index in [-0.39, 0.29) is 0 Å². The van der Waals surface area contributed by atoms with Gasteiger partial charge in [0.05, 0.1) is 11.3 Å². The normalized spacial score (nSPS) is 11.9. The van der Waals surface area contributed by atoms with Crippen LogP contribution in [0.1, 0.15) is 17.0 Å². The number of aryl methyl sites for hydroxylation is 2. The summed E-state index contributed by atoms with van der Waals surface area (Å²) in [7, 11) is 0. The molecule has 114 valence electrons. The molecule has 0 unspecified atom stereocenters. The molecule has 7 heteroatoms. The molecule has 4 nitrogen and oxygen atoms in total. The van der Waals surface area contributed by atoms with Gasteiger partial charge in [0.2, 0.25) is 0 Å². The van der Waals surface area contributed by atoms with Crippen molar-refractivity contribution < 1.29 is 13.2 Å². The van der Waals surface area contributed by atoms with Gasteiger partial charge in [0.1, 0.15) is 5.82 Å². The van der Waals surface area contributed by atoms with Crippen molar-refractivity contribution in [1.82, 2.24) is 14.6 Å². The van der Waals surface area contributed by atoms with Crippen LogP contribution in [0.25, 0.3) is 5.65 Å². The highest BCUT2D eigenvalue weighted by atomic mass is 19.4. The minimum atomic E-state index is -4.34. The Morgan fingerprint density at radius 2 is 1.68 bits per heavy atom. The minimum absolute atomic E-state index is 0.549. The average Bonchev–Trinajstić information content (AvgIpc) is 2.78. The Balaban J connectivity index is 1.96. The average molecular weight is 306 g/mol. The summed E-state index contributed by atoms with van der Waals surface area (Å²) < 4.78 is 39.3. The van der Waals surface area contributed by atoms with E-state index in [4.69, 9.17) is 0 Å². The van der Waals surface area contributed by atoms with Crippen LogP contribution in [0, 0.1) is 13.8 Å². The van der Waals surface area contributed by atoms with Gasteiger partial charge >= 0.3 is 6.18 Å². The predicted octanol–water partition coefficient (Wildman–Crippen LogP) is 4.11. The van der Waals surface area contributed by atoms with Gasteiger partial charge in [-0.15, -0.1) is 0 Å². The number of benzene rings is 1. The topological polar surface area (TPSA) is 42.2 Å². The fourth-order valence-corrected chi connectivity index (χ4v) is 2.19. The van der Waals surface area contributed by atoms with Gasteiger partial charge in [-0.2, -0.15) is 22.8 Å².